The minimum Gasteiger partial charge on any atom is -0.480 e. The van der Waals surface area contributed by atoms with Gasteiger partial charge in [-0.15, -0.1) is 0 Å². The molecule has 6 heteroatoms. The molecule has 0 radical (unpaired) electrons. The highest BCUT2D eigenvalue weighted by Crippen LogP contribution is 2.33. The number of nitrogens with one attached hydrogen (secondary N) is 1. The normalized spacial score (nSPS) is 15.2. The van der Waals surface area contributed by atoms with Crippen molar-refractivity contribution < 1.29 is 19.1 Å². The van der Waals surface area contributed by atoms with E-state index < -0.39 is 5.97 Å². The zero-order valence-corrected chi connectivity index (χ0v) is 19.3. The molecular formula is C29H27FN2O3. The lowest BCUT2D eigenvalue weighted by Gasteiger charge is -2.26. The van der Waals surface area contributed by atoms with E-state index in [0.29, 0.717) is 25.7 Å². The predicted octanol–water partition coefficient (Wildman–Crippen LogP) is 5.06. The minimum absolute atomic E-state index is 0.0309. The van der Waals surface area contributed by atoms with E-state index in [2.05, 4.69) is 5.32 Å². The number of carboxylic acids is 1. The number of fused-ring (bicyclic) bond motifs is 3. The Morgan fingerprint density at radius 3 is 2.29 bits per heavy atom. The maximum Gasteiger partial charge on any atom is 0.323 e. The topological polar surface area (TPSA) is 71.3 Å². The molecule has 0 spiro atoms. The molecule has 4 aromatic rings. The molecule has 0 fully saturated rings. The van der Waals surface area contributed by atoms with Crippen LogP contribution in [0.25, 0.3) is 10.9 Å². The number of hydrogen-bond acceptors (Lipinski definition) is 2. The maximum atomic E-state index is 14.1. The molecule has 1 atom stereocenters. The van der Waals surface area contributed by atoms with Crippen molar-refractivity contribution in [3.05, 3.63) is 107 Å². The summed E-state index contributed by atoms with van der Waals surface area (Å²) in [6.45, 7) is -0.162. The first-order chi connectivity index (χ1) is 17.0. The Labute approximate surface area is 203 Å². The summed E-state index contributed by atoms with van der Waals surface area (Å²) in [7, 11) is 0. The molecule has 0 aliphatic heterocycles. The summed E-state index contributed by atoms with van der Waals surface area (Å²) in [6.07, 6.45) is 2.21. The Bertz CT molecular complexity index is 1330. The number of benzene rings is 3. The van der Waals surface area contributed by atoms with Gasteiger partial charge in [-0.05, 0) is 54.2 Å². The average Bonchev–Trinajstić information content (AvgIpc) is 3.15. The number of carbonyl (C=O) groups is 2. The van der Waals surface area contributed by atoms with Crippen molar-refractivity contribution in [2.24, 2.45) is 0 Å². The van der Waals surface area contributed by atoms with Crippen LogP contribution in [0.4, 0.5) is 4.39 Å². The molecule has 0 bridgehead atoms. The summed E-state index contributed by atoms with van der Waals surface area (Å²) in [5, 5.41) is 13.3. The Balaban J connectivity index is 1.37. The van der Waals surface area contributed by atoms with Crippen molar-refractivity contribution in [1.82, 2.24) is 9.88 Å². The fourth-order valence-electron chi connectivity index (χ4n) is 5.33. The lowest BCUT2D eigenvalue weighted by Crippen LogP contribution is -2.39. The number of rotatable bonds is 7. The zero-order valence-electron chi connectivity index (χ0n) is 19.3. The quantitative estimate of drug-likeness (QED) is 0.397. The molecule has 0 saturated heterocycles. The van der Waals surface area contributed by atoms with E-state index in [1.165, 1.54) is 12.1 Å². The van der Waals surface area contributed by atoms with Crippen LogP contribution >= 0.6 is 0 Å². The SMILES string of the molecule is O=C(O)Cn1c2c(c3cc(F)ccc31)C[C@H](NC(=O)CC(c1ccccc1)c1ccccc1)CC2. The van der Waals surface area contributed by atoms with Gasteiger partial charge >= 0.3 is 5.97 Å². The molecule has 1 aliphatic carbocycles. The van der Waals surface area contributed by atoms with Crippen LogP contribution in [0.2, 0.25) is 0 Å². The summed E-state index contributed by atoms with van der Waals surface area (Å²) in [4.78, 5) is 24.7. The minimum atomic E-state index is -0.933. The van der Waals surface area contributed by atoms with Gasteiger partial charge < -0.3 is 15.0 Å². The number of aliphatic carboxylic acids is 1. The number of carbonyl (C=O) groups excluding carboxylic acids is 1. The number of amides is 1. The first-order valence-corrected chi connectivity index (χ1v) is 11.9. The number of nitrogens with zero attached hydrogens (tertiary/aromatic N) is 1. The van der Waals surface area contributed by atoms with E-state index in [-0.39, 0.29) is 30.2 Å². The Hall–Kier alpha value is -3.93. The van der Waals surface area contributed by atoms with Gasteiger partial charge in [0.2, 0.25) is 5.91 Å². The second-order valence-corrected chi connectivity index (χ2v) is 9.15. The summed E-state index contributed by atoms with van der Waals surface area (Å²) >= 11 is 0. The fraction of sp³-hybridized carbons (Fsp3) is 0.241. The number of hydrogen-bond donors (Lipinski definition) is 2. The van der Waals surface area contributed by atoms with Gasteiger partial charge in [-0.1, -0.05) is 60.7 Å². The van der Waals surface area contributed by atoms with Crippen LogP contribution < -0.4 is 5.32 Å². The maximum absolute atomic E-state index is 14.1. The Morgan fingerprint density at radius 1 is 1.00 bits per heavy atom. The van der Waals surface area contributed by atoms with Crippen molar-refractivity contribution in [2.75, 3.05) is 0 Å². The number of halogens is 1. The third kappa shape index (κ3) is 4.83. The summed E-state index contributed by atoms with van der Waals surface area (Å²) in [5.74, 6) is -1.37. The van der Waals surface area contributed by atoms with Crippen molar-refractivity contribution in [1.29, 1.82) is 0 Å². The summed E-state index contributed by atoms with van der Waals surface area (Å²) in [6, 6.07) is 24.4. The molecular weight excluding hydrogens is 443 g/mol. The molecule has 5 nitrogen and oxygen atoms in total. The van der Waals surface area contributed by atoms with E-state index in [1.54, 1.807) is 10.6 Å². The first kappa shape index (κ1) is 22.8. The monoisotopic (exact) mass is 470 g/mol. The van der Waals surface area contributed by atoms with Crippen LogP contribution in [0.1, 0.15) is 41.1 Å². The summed E-state index contributed by atoms with van der Waals surface area (Å²) in [5.41, 5.74) is 4.75. The van der Waals surface area contributed by atoms with Crippen LogP contribution in [-0.2, 0) is 29.0 Å². The Kier molecular flexibility index (Phi) is 6.36. The smallest absolute Gasteiger partial charge is 0.323 e. The molecule has 5 rings (SSSR count). The van der Waals surface area contributed by atoms with Crippen LogP contribution in [0.5, 0.6) is 0 Å². The summed E-state index contributed by atoms with van der Waals surface area (Å²) < 4.78 is 15.8. The number of carboxylic acid groups (broad SMARTS) is 1. The molecule has 178 valence electrons. The molecule has 0 saturated carbocycles. The van der Waals surface area contributed by atoms with Crippen molar-refractivity contribution in [3.63, 3.8) is 0 Å². The third-order valence-electron chi connectivity index (χ3n) is 6.88. The van der Waals surface area contributed by atoms with Gasteiger partial charge in [0.1, 0.15) is 12.4 Å². The van der Waals surface area contributed by atoms with Gasteiger partial charge in [0.25, 0.3) is 0 Å². The van der Waals surface area contributed by atoms with Gasteiger partial charge in [0.05, 0.1) is 0 Å². The van der Waals surface area contributed by atoms with E-state index in [4.69, 9.17) is 0 Å². The van der Waals surface area contributed by atoms with Gasteiger partial charge in [-0.3, -0.25) is 9.59 Å². The molecule has 0 unspecified atom stereocenters. The third-order valence-corrected chi connectivity index (χ3v) is 6.88. The highest BCUT2D eigenvalue weighted by molar-refractivity contribution is 5.87. The van der Waals surface area contributed by atoms with Crippen molar-refractivity contribution in [2.45, 2.75) is 44.2 Å². The predicted molar refractivity (Wildman–Crippen MR) is 133 cm³/mol. The lowest BCUT2D eigenvalue weighted by atomic mass is 9.87. The van der Waals surface area contributed by atoms with E-state index in [1.807, 2.05) is 60.7 Å². The van der Waals surface area contributed by atoms with Gasteiger partial charge in [0, 0.05) is 35.0 Å². The zero-order chi connectivity index (χ0) is 24.4. The highest BCUT2D eigenvalue weighted by atomic mass is 19.1. The molecule has 1 aromatic heterocycles. The van der Waals surface area contributed by atoms with E-state index in [9.17, 15) is 19.1 Å². The lowest BCUT2D eigenvalue weighted by molar-refractivity contribution is -0.137. The van der Waals surface area contributed by atoms with Crippen LogP contribution in [0.3, 0.4) is 0 Å². The van der Waals surface area contributed by atoms with Gasteiger partial charge in [0.15, 0.2) is 0 Å². The average molecular weight is 471 g/mol. The van der Waals surface area contributed by atoms with Gasteiger partial charge in [-0.2, -0.15) is 0 Å². The molecule has 2 N–H and O–H groups in total. The molecule has 35 heavy (non-hydrogen) atoms. The molecule has 1 aliphatic rings. The largest absolute Gasteiger partial charge is 0.480 e. The second kappa shape index (κ2) is 9.74. The van der Waals surface area contributed by atoms with E-state index in [0.717, 1.165) is 33.3 Å². The Morgan fingerprint density at radius 2 is 1.66 bits per heavy atom. The van der Waals surface area contributed by atoms with Crippen LogP contribution in [0, 0.1) is 5.82 Å². The van der Waals surface area contributed by atoms with Crippen molar-refractivity contribution in [3.8, 4) is 0 Å². The molecule has 1 heterocycles. The van der Waals surface area contributed by atoms with Crippen LogP contribution in [-0.4, -0.2) is 27.6 Å². The van der Waals surface area contributed by atoms with E-state index >= 15 is 0 Å². The van der Waals surface area contributed by atoms with Crippen LogP contribution in [0.15, 0.2) is 78.9 Å². The second-order valence-electron chi connectivity index (χ2n) is 9.15. The fourth-order valence-corrected chi connectivity index (χ4v) is 5.33. The first-order valence-electron chi connectivity index (χ1n) is 11.9. The molecule has 3 aromatic carbocycles. The highest BCUT2D eigenvalue weighted by Gasteiger charge is 2.28. The standard InChI is InChI=1S/C29H27FN2O3/c30-21-11-13-26-24(15-21)25-16-22(12-14-27(25)32(26)18-29(34)35)31-28(33)17-23(19-7-3-1-4-8-19)20-9-5-2-6-10-20/h1-11,13,15,22-23H,12,14,16-18H2,(H,31,33)(H,34,35)/t22-/m1/s1. The van der Waals surface area contributed by atoms with Crippen molar-refractivity contribution >= 4 is 22.8 Å². The molecule has 1 amide bonds. The number of aromatic nitrogens is 1. The van der Waals surface area contributed by atoms with Gasteiger partial charge in [-0.25, -0.2) is 4.39 Å².